The second-order valence-electron chi connectivity index (χ2n) is 29.2. The van der Waals surface area contributed by atoms with Crippen molar-refractivity contribution in [1.82, 2.24) is 5.32 Å². The summed E-state index contributed by atoms with van der Waals surface area (Å²) in [6.07, 6.45) is 102. The molecule has 6 heteroatoms. The number of allylic oxidation sites excluding steroid dienone is 2. The molecule has 2 atom stereocenters. The van der Waals surface area contributed by atoms with Crippen LogP contribution in [-0.4, -0.2) is 47.4 Å². The van der Waals surface area contributed by atoms with E-state index in [1.807, 2.05) is 0 Å². The first kappa shape index (κ1) is 88.6. The number of carbonyl (C=O) groups excluding carboxylic acids is 2. The summed E-state index contributed by atoms with van der Waals surface area (Å²) in [7, 11) is 0. The molecule has 2 unspecified atom stereocenters. The summed E-state index contributed by atoms with van der Waals surface area (Å²) in [4.78, 5) is 24.7. The fourth-order valence-corrected chi connectivity index (χ4v) is 13.7. The van der Waals surface area contributed by atoms with E-state index < -0.39 is 12.1 Å². The van der Waals surface area contributed by atoms with Crippen LogP contribution in [0.15, 0.2) is 12.2 Å². The lowest BCUT2D eigenvalue weighted by Gasteiger charge is -2.22. The number of unbranched alkanes of at least 4 members (excludes halogenated alkanes) is 67. The standard InChI is InChI=1S/C84H165NO5/c1-3-5-7-9-11-13-15-17-19-20-21-22-23-37-40-43-46-49-52-56-60-64-68-72-76-82(87)81(80-86)85-83(88)77-73-69-65-61-57-53-50-47-44-41-38-35-33-31-29-27-25-24-26-28-30-32-34-36-39-42-45-48-51-55-59-63-67-71-75-79-90-84(89)78-74-70-66-62-58-54-18-16-14-12-10-8-6-4-2/h16,18,81-82,86-87H,3-15,17,19-80H2,1-2H3,(H,85,88)/b18-16-. The molecule has 536 valence electrons. The molecule has 0 radical (unpaired) electrons. The van der Waals surface area contributed by atoms with Crippen LogP contribution in [0, 0.1) is 0 Å². The molecule has 0 bridgehead atoms. The smallest absolute Gasteiger partial charge is 0.305 e. The molecule has 0 saturated carbocycles. The molecule has 90 heavy (non-hydrogen) atoms. The third kappa shape index (κ3) is 75.6. The van der Waals surface area contributed by atoms with E-state index in [-0.39, 0.29) is 18.5 Å². The highest BCUT2D eigenvalue weighted by Gasteiger charge is 2.20. The van der Waals surface area contributed by atoms with E-state index in [1.54, 1.807) is 0 Å². The van der Waals surface area contributed by atoms with Gasteiger partial charge in [-0.15, -0.1) is 0 Å². The first-order chi connectivity index (χ1) is 44.5. The Morgan fingerprint density at radius 1 is 0.300 bits per heavy atom. The zero-order valence-electron chi connectivity index (χ0n) is 61.7. The van der Waals surface area contributed by atoms with Gasteiger partial charge in [-0.25, -0.2) is 0 Å². The number of rotatable bonds is 80. The second kappa shape index (κ2) is 80.0. The zero-order chi connectivity index (χ0) is 64.9. The molecule has 0 aromatic carbocycles. The lowest BCUT2D eigenvalue weighted by molar-refractivity contribution is -0.143. The highest BCUT2D eigenvalue weighted by atomic mass is 16.5. The number of aliphatic hydroxyl groups is 2. The Labute approximate surface area is 565 Å². The summed E-state index contributed by atoms with van der Waals surface area (Å²) in [6.45, 7) is 5.00. The van der Waals surface area contributed by atoms with Gasteiger partial charge in [0.2, 0.25) is 5.91 Å². The normalized spacial score (nSPS) is 12.4. The second-order valence-corrected chi connectivity index (χ2v) is 29.2. The van der Waals surface area contributed by atoms with Crippen molar-refractivity contribution in [2.45, 2.75) is 501 Å². The topological polar surface area (TPSA) is 95.9 Å². The Morgan fingerprint density at radius 3 is 0.789 bits per heavy atom. The average Bonchev–Trinajstić information content (AvgIpc) is 3.60. The van der Waals surface area contributed by atoms with Crippen molar-refractivity contribution in [1.29, 1.82) is 0 Å². The van der Waals surface area contributed by atoms with Crippen molar-refractivity contribution in [3.63, 3.8) is 0 Å². The van der Waals surface area contributed by atoms with Crippen LogP contribution < -0.4 is 5.32 Å². The van der Waals surface area contributed by atoms with E-state index in [9.17, 15) is 19.8 Å². The number of hydrogen-bond acceptors (Lipinski definition) is 5. The maximum absolute atomic E-state index is 12.6. The van der Waals surface area contributed by atoms with Gasteiger partial charge in [0.15, 0.2) is 0 Å². The highest BCUT2D eigenvalue weighted by Crippen LogP contribution is 2.21. The number of aliphatic hydroxyl groups excluding tert-OH is 2. The maximum Gasteiger partial charge on any atom is 0.305 e. The summed E-state index contributed by atoms with van der Waals surface area (Å²) in [5, 5.41) is 23.5. The van der Waals surface area contributed by atoms with Crippen LogP contribution in [-0.2, 0) is 14.3 Å². The van der Waals surface area contributed by atoms with Crippen molar-refractivity contribution in [3.05, 3.63) is 12.2 Å². The van der Waals surface area contributed by atoms with Gasteiger partial charge in [-0.2, -0.15) is 0 Å². The fraction of sp³-hybridized carbons (Fsp3) is 0.952. The van der Waals surface area contributed by atoms with Crippen molar-refractivity contribution in [2.24, 2.45) is 0 Å². The van der Waals surface area contributed by atoms with Crippen LogP contribution >= 0.6 is 0 Å². The average molecular weight is 1270 g/mol. The van der Waals surface area contributed by atoms with E-state index in [0.29, 0.717) is 25.9 Å². The molecule has 0 heterocycles. The van der Waals surface area contributed by atoms with E-state index in [2.05, 4.69) is 31.3 Å². The molecule has 0 spiro atoms. The van der Waals surface area contributed by atoms with Crippen molar-refractivity contribution in [2.75, 3.05) is 13.2 Å². The molecule has 0 saturated heterocycles. The first-order valence-corrected chi connectivity index (χ1v) is 41.9. The quantitative estimate of drug-likeness (QED) is 0.0320. The number of nitrogens with one attached hydrogen (secondary N) is 1. The third-order valence-corrected chi connectivity index (χ3v) is 20.1. The minimum absolute atomic E-state index is 0.0153. The molecule has 6 nitrogen and oxygen atoms in total. The van der Waals surface area contributed by atoms with Gasteiger partial charge in [0.1, 0.15) is 0 Å². The number of ether oxygens (including phenoxy) is 1. The van der Waals surface area contributed by atoms with Gasteiger partial charge >= 0.3 is 5.97 Å². The van der Waals surface area contributed by atoms with E-state index in [4.69, 9.17) is 4.74 Å². The van der Waals surface area contributed by atoms with E-state index >= 15 is 0 Å². The lowest BCUT2D eigenvalue weighted by atomic mass is 10.0. The van der Waals surface area contributed by atoms with Gasteiger partial charge in [0.25, 0.3) is 0 Å². The molecular formula is C84H165NO5. The molecule has 0 aliphatic carbocycles. The summed E-state index contributed by atoms with van der Waals surface area (Å²) in [5.41, 5.74) is 0. The van der Waals surface area contributed by atoms with Gasteiger partial charge in [-0.1, -0.05) is 437 Å². The predicted octanol–water partition coefficient (Wildman–Crippen LogP) is 27.8. The molecule has 1 amide bonds. The Bertz CT molecular complexity index is 1370. The summed E-state index contributed by atoms with van der Waals surface area (Å²) in [5.74, 6) is -0.00784. The van der Waals surface area contributed by atoms with E-state index in [1.165, 1.54) is 411 Å². The molecule has 0 fully saturated rings. The van der Waals surface area contributed by atoms with Gasteiger partial charge < -0.3 is 20.3 Å². The predicted molar refractivity (Wildman–Crippen MR) is 398 cm³/mol. The number of hydrogen-bond donors (Lipinski definition) is 3. The zero-order valence-corrected chi connectivity index (χ0v) is 61.7. The van der Waals surface area contributed by atoms with Crippen LogP contribution in [0.2, 0.25) is 0 Å². The summed E-state index contributed by atoms with van der Waals surface area (Å²) >= 11 is 0. The molecule has 0 aliphatic heterocycles. The maximum atomic E-state index is 12.6. The number of esters is 1. The minimum Gasteiger partial charge on any atom is -0.466 e. The van der Waals surface area contributed by atoms with Gasteiger partial charge in [-0.05, 0) is 51.4 Å². The van der Waals surface area contributed by atoms with Crippen LogP contribution in [0.4, 0.5) is 0 Å². The van der Waals surface area contributed by atoms with Crippen LogP contribution in [0.25, 0.3) is 0 Å². The van der Waals surface area contributed by atoms with E-state index in [0.717, 1.165) is 44.9 Å². The molecule has 3 N–H and O–H groups in total. The molecule has 0 rings (SSSR count). The fourth-order valence-electron chi connectivity index (χ4n) is 13.7. The molecule has 0 aromatic heterocycles. The Morgan fingerprint density at radius 2 is 0.522 bits per heavy atom. The third-order valence-electron chi connectivity index (χ3n) is 20.1. The molecule has 0 aliphatic rings. The summed E-state index contributed by atoms with van der Waals surface area (Å²) in [6, 6.07) is -0.538. The van der Waals surface area contributed by atoms with Crippen molar-refractivity contribution in [3.8, 4) is 0 Å². The Balaban J connectivity index is 3.31. The summed E-state index contributed by atoms with van der Waals surface area (Å²) < 4.78 is 5.50. The minimum atomic E-state index is -0.662. The lowest BCUT2D eigenvalue weighted by Crippen LogP contribution is -2.45. The van der Waals surface area contributed by atoms with Gasteiger partial charge in [-0.3, -0.25) is 9.59 Å². The molecular weight excluding hydrogens is 1100 g/mol. The first-order valence-electron chi connectivity index (χ1n) is 41.9. The monoisotopic (exact) mass is 1270 g/mol. The Kier molecular flexibility index (Phi) is 78.8. The number of amides is 1. The van der Waals surface area contributed by atoms with Crippen LogP contribution in [0.5, 0.6) is 0 Å². The highest BCUT2D eigenvalue weighted by molar-refractivity contribution is 5.76. The number of carbonyl (C=O) groups is 2. The van der Waals surface area contributed by atoms with Crippen LogP contribution in [0.3, 0.4) is 0 Å². The van der Waals surface area contributed by atoms with Crippen molar-refractivity contribution < 1.29 is 24.5 Å². The van der Waals surface area contributed by atoms with Gasteiger partial charge in [0, 0.05) is 12.8 Å². The molecule has 0 aromatic rings. The largest absolute Gasteiger partial charge is 0.466 e. The SMILES string of the molecule is CCCCCCC/C=C\CCCCCCCC(=O)OCCCCCCCCCCCCCCCCCCCCCCCCCCCCCCCCCCCCCC(=O)NC(CO)C(O)CCCCCCCCCCCCCCCCCCCCCCCCCC. The Hall–Kier alpha value is -1.40. The van der Waals surface area contributed by atoms with Crippen molar-refractivity contribution >= 4 is 11.9 Å². The van der Waals surface area contributed by atoms with Crippen LogP contribution in [0.1, 0.15) is 489 Å². The van der Waals surface area contributed by atoms with Gasteiger partial charge in [0.05, 0.1) is 25.4 Å².